The molecule has 0 unspecified atom stereocenters. The lowest BCUT2D eigenvalue weighted by Crippen LogP contribution is -2.04. The third kappa shape index (κ3) is 3.08. The van der Waals surface area contributed by atoms with Gasteiger partial charge in [-0.15, -0.1) is 11.6 Å². The van der Waals surface area contributed by atoms with E-state index >= 15 is 0 Å². The van der Waals surface area contributed by atoms with Crippen LogP contribution in [0, 0.1) is 5.82 Å². The van der Waals surface area contributed by atoms with Crippen LogP contribution in [0.15, 0.2) is 22.7 Å². The van der Waals surface area contributed by atoms with Crippen LogP contribution in [0.3, 0.4) is 0 Å². The summed E-state index contributed by atoms with van der Waals surface area (Å²) in [6, 6.07) is 4.22. The highest BCUT2D eigenvalue weighted by Gasteiger charge is 2.06. The molecule has 0 spiro atoms. The van der Waals surface area contributed by atoms with E-state index in [0.29, 0.717) is 4.47 Å². The van der Waals surface area contributed by atoms with Crippen LogP contribution >= 0.6 is 27.5 Å². The largest absolute Gasteiger partial charge is 0.298 e. The second-order valence-electron chi connectivity index (χ2n) is 2.58. The van der Waals surface area contributed by atoms with Crippen molar-refractivity contribution >= 4 is 33.3 Å². The molecule has 0 aliphatic heterocycles. The van der Waals surface area contributed by atoms with Crippen LogP contribution in [-0.4, -0.2) is 11.7 Å². The molecule has 0 saturated carbocycles. The molecule has 0 fully saturated rings. The fourth-order valence-corrected chi connectivity index (χ4v) is 1.51. The molecular weight excluding hydrogens is 258 g/mol. The Morgan fingerprint density at radius 2 is 2.23 bits per heavy atom. The number of Topliss-reactive ketones (excluding diaryl/α,β-unsaturated/α-hetero) is 1. The zero-order valence-corrected chi connectivity index (χ0v) is 9.03. The van der Waals surface area contributed by atoms with Gasteiger partial charge < -0.3 is 0 Å². The molecule has 0 aliphatic carbocycles. The van der Waals surface area contributed by atoms with Crippen molar-refractivity contribution in [3.05, 3.63) is 34.1 Å². The monoisotopic (exact) mass is 264 g/mol. The van der Waals surface area contributed by atoms with E-state index in [2.05, 4.69) is 15.9 Å². The second kappa shape index (κ2) is 4.72. The summed E-state index contributed by atoms with van der Waals surface area (Å²) < 4.78 is 13.2. The molecule has 4 heteroatoms. The summed E-state index contributed by atoms with van der Waals surface area (Å²) in [5.74, 6) is -0.410. The van der Waals surface area contributed by atoms with Gasteiger partial charge in [-0.1, -0.05) is 22.0 Å². The summed E-state index contributed by atoms with van der Waals surface area (Å²) in [5, 5.41) is 0. The Hall–Kier alpha value is -0.410. The van der Waals surface area contributed by atoms with Gasteiger partial charge in [0.1, 0.15) is 5.82 Å². The zero-order chi connectivity index (χ0) is 9.84. The highest BCUT2D eigenvalue weighted by Crippen LogP contribution is 2.18. The van der Waals surface area contributed by atoms with Gasteiger partial charge in [-0.25, -0.2) is 4.39 Å². The minimum atomic E-state index is -0.325. The first kappa shape index (κ1) is 10.7. The maximum absolute atomic E-state index is 12.6. The molecule has 0 amide bonds. The lowest BCUT2D eigenvalue weighted by Gasteiger charge is -2.01. The predicted octanol–water partition coefficient (Wildman–Crippen LogP) is 2.94. The fourth-order valence-electron chi connectivity index (χ4n) is 0.925. The Bertz CT molecular complexity index is 327. The first-order valence-corrected chi connectivity index (χ1v) is 4.98. The van der Waals surface area contributed by atoms with Gasteiger partial charge >= 0.3 is 0 Å². The number of alkyl halides is 1. The van der Waals surface area contributed by atoms with Crippen molar-refractivity contribution in [2.45, 2.75) is 6.42 Å². The van der Waals surface area contributed by atoms with Gasteiger partial charge in [0.2, 0.25) is 0 Å². The first-order chi connectivity index (χ1) is 6.13. The average molecular weight is 266 g/mol. The Kier molecular flexibility index (Phi) is 3.88. The quantitative estimate of drug-likeness (QED) is 0.768. The third-order valence-electron chi connectivity index (χ3n) is 1.55. The third-order valence-corrected chi connectivity index (χ3v) is 2.59. The molecule has 0 aliphatic rings. The van der Waals surface area contributed by atoms with E-state index in [4.69, 9.17) is 11.6 Å². The van der Waals surface area contributed by atoms with E-state index in [1.807, 2.05) is 0 Å². The second-order valence-corrected chi connectivity index (χ2v) is 3.71. The van der Waals surface area contributed by atoms with Crippen LogP contribution < -0.4 is 0 Å². The van der Waals surface area contributed by atoms with Crippen LogP contribution in [0.5, 0.6) is 0 Å². The highest BCUT2D eigenvalue weighted by molar-refractivity contribution is 9.10. The van der Waals surface area contributed by atoms with E-state index in [1.54, 1.807) is 6.07 Å². The van der Waals surface area contributed by atoms with Crippen molar-refractivity contribution in [1.82, 2.24) is 0 Å². The Morgan fingerprint density at radius 1 is 1.54 bits per heavy atom. The predicted molar refractivity (Wildman–Crippen MR) is 53.5 cm³/mol. The fraction of sp³-hybridized carbons (Fsp3) is 0.222. The van der Waals surface area contributed by atoms with Gasteiger partial charge in [-0.05, 0) is 17.7 Å². The van der Waals surface area contributed by atoms with Gasteiger partial charge in [0.05, 0.1) is 5.88 Å². The minimum absolute atomic E-state index is 0.0101. The number of hydrogen-bond donors (Lipinski definition) is 0. The minimum Gasteiger partial charge on any atom is -0.298 e. The molecule has 1 nitrogen and oxygen atoms in total. The Morgan fingerprint density at radius 3 is 2.77 bits per heavy atom. The van der Waals surface area contributed by atoms with Gasteiger partial charge in [0, 0.05) is 10.9 Å². The smallest absolute Gasteiger partial charge is 0.151 e. The molecule has 1 aromatic carbocycles. The van der Waals surface area contributed by atoms with Crippen molar-refractivity contribution in [3.63, 3.8) is 0 Å². The number of benzene rings is 1. The van der Waals surface area contributed by atoms with Crippen molar-refractivity contribution in [3.8, 4) is 0 Å². The molecule has 0 saturated heterocycles. The molecule has 1 rings (SSSR count). The molecule has 0 bridgehead atoms. The lowest BCUT2D eigenvalue weighted by molar-refractivity contribution is -0.116. The van der Waals surface area contributed by atoms with Gasteiger partial charge in [0.25, 0.3) is 0 Å². The average Bonchev–Trinajstić information content (AvgIpc) is 2.09. The van der Waals surface area contributed by atoms with Gasteiger partial charge in [-0.3, -0.25) is 4.79 Å². The molecule has 0 aromatic heterocycles. The zero-order valence-electron chi connectivity index (χ0n) is 6.69. The normalized spacial score (nSPS) is 10.1. The van der Waals surface area contributed by atoms with Crippen LogP contribution in [0.4, 0.5) is 4.39 Å². The summed E-state index contributed by atoms with van der Waals surface area (Å²) in [4.78, 5) is 11.0. The summed E-state index contributed by atoms with van der Waals surface area (Å²) in [6.45, 7) is 0. The Labute approximate surface area is 89.0 Å². The van der Waals surface area contributed by atoms with Crippen LogP contribution in [-0.2, 0) is 11.2 Å². The standard InChI is InChI=1S/C9H7BrClFO/c10-9-4-7(12)2-1-6(9)3-8(13)5-11/h1-2,4H,3,5H2. The molecule has 70 valence electrons. The van der Waals surface area contributed by atoms with Crippen molar-refractivity contribution in [2.75, 3.05) is 5.88 Å². The Balaban J connectivity index is 2.83. The van der Waals surface area contributed by atoms with Gasteiger partial charge in [-0.2, -0.15) is 0 Å². The van der Waals surface area contributed by atoms with Crippen LogP contribution in [0.2, 0.25) is 0 Å². The molecular formula is C9H7BrClFO. The number of carbonyl (C=O) groups is 1. The summed E-state index contributed by atoms with van der Waals surface area (Å²) in [6.07, 6.45) is 0.240. The molecule has 1 aromatic rings. The van der Waals surface area contributed by atoms with Crippen molar-refractivity contribution in [1.29, 1.82) is 0 Å². The van der Waals surface area contributed by atoms with Crippen molar-refractivity contribution in [2.24, 2.45) is 0 Å². The molecule has 13 heavy (non-hydrogen) atoms. The first-order valence-electron chi connectivity index (χ1n) is 3.65. The van der Waals surface area contributed by atoms with Crippen molar-refractivity contribution < 1.29 is 9.18 Å². The SMILES string of the molecule is O=C(CCl)Cc1ccc(F)cc1Br. The number of rotatable bonds is 3. The molecule has 0 radical (unpaired) electrons. The van der Waals surface area contributed by atoms with Crippen LogP contribution in [0.25, 0.3) is 0 Å². The topological polar surface area (TPSA) is 17.1 Å². The maximum atomic E-state index is 12.6. The summed E-state index contributed by atoms with van der Waals surface area (Å²) in [5.41, 5.74) is 0.757. The molecule has 0 heterocycles. The van der Waals surface area contributed by atoms with E-state index in [9.17, 15) is 9.18 Å². The summed E-state index contributed by atoms with van der Waals surface area (Å²) >= 11 is 8.52. The van der Waals surface area contributed by atoms with E-state index < -0.39 is 0 Å². The molecule has 0 atom stereocenters. The number of halogens is 3. The van der Waals surface area contributed by atoms with E-state index in [1.165, 1.54) is 12.1 Å². The lowest BCUT2D eigenvalue weighted by atomic mass is 10.1. The maximum Gasteiger partial charge on any atom is 0.151 e. The summed E-state index contributed by atoms with van der Waals surface area (Å²) in [7, 11) is 0. The van der Waals surface area contributed by atoms with Gasteiger partial charge in [0.15, 0.2) is 5.78 Å². The molecule has 0 N–H and O–H groups in total. The number of ketones is 1. The van der Waals surface area contributed by atoms with E-state index in [0.717, 1.165) is 5.56 Å². The van der Waals surface area contributed by atoms with Crippen LogP contribution in [0.1, 0.15) is 5.56 Å². The van der Waals surface area contributed by atoms with E-state index in [-0.39, 0.29) is 23.9 Å². The highest BCUT2D eigenvalue weighted by atomic mass is 79.9. The number of hydrogen-bond acceptors (Lipinski definition) is 1. The number of carbonyl (C=O) groups excluding carboxylic acids is 1.